The number of amides is 2. The molecule has 0 radical (unpaired) electrons. The maximum absolute atomic E-state index is 13.3. The fourth-order valence-electron chi connectivity index (χ4n) is 3.69. The quantitative estimate of drug-likeness (QED) is 0.514. The van der Waals surface area contributed by atoms with E-state index in [2.05, 4.69) is 12.2 Å². The van der Waals surface area contributed by atoms with Crippen LogP contribution in [0.5, 0.6) is 0 Å². The molecule has 4 rings (SSSR count). The number of benzene rings is 2. The third-order valence-electron chi connectivity index (χ3n) is 5.61. The molecular formula is C26H25ClN2O3. The zero-order chi connectivity index (χ0) is 22.5. The number of nitrogens with one attached hydrogen (secondary N) is 1. The number of furan rings is 1. The van der Waals surface area contributed by atoms with E-state index in [0.29, 0.717) is 41.1 Å². The Morgan fingerprint density at radius 1 is 1.03 bits per heavy atom. The van der Waals surface area contributed by atoms with Gasteiger partial charge in [0.1, 0.15) is 17.2 Å². The summed E-state index contributed by atoms with van der Waals surface area (Å²) in [4.78, 5) is 27.9. The standard InChI is InChI=1S/C26H25ClN2O3/c1-18-12-14-29(15-13-18)26(31)23(28-25(30)19-6-3-2-4-7-19)17-22-10-11-24(32-22)20-8-5-9-21(27)16-20/h2-11,16-18H,12-15H2,1H3,(H,28,30). The lowest BCUT2D eigenvalue weighted by molar-refractivity contribution is -0.128. The molecule has 2 amide bonds. The molecular weight excluding hydrogens is 424 g/mol. The Morgan fingerprint density at radius 3 is 2.50 bits per heavy atom. The van der Waals surface area contributed by atoms with E-state index in [-0.39, 0.29) is 17.5 Å². The molecule has 0 saturated carbocycles. The molecule has 0 atom stereocenters. The number of piperidine rings is 1. The number of likely N-dealkylation sites (tertiary alicyclic amines) is 1. The highest BCUT2D eigenvalue weighted by atomic mass is 35.5. The lowest BCUT2D eigenvalue weighted by Crippen LogP contribution is -2.42. The van der Waals surface area contributed by atoms with Crippen molar-refractivity contribution in [2.75, 3.05) is 13.1 Å². The summed E-state index contributed by atoms with van der Waals surface area (Å²) in [5.74, 6) is 1.16. The average Bonchev–Trinajstić information content (AvgIpc) is 3.28. The minimum absolute atomic E-state index is 0.195. The number of hydrogen-bond acceptors (Lipinski definition) is 3. The zero-order valence-corrected chi connectivity index (χ0v) is 18.6. The van der Waals surface area contributed by atoms with Crippen LogP contribution in [-0.2, 0) is 4.79 Å². The normalized spacial score (nSPS) is 14.9. The van der Waals surface area contributed by atoms with Crippen molar-refractivity contribution >= 4 is 29.5 Å². The first-order valence-corrected chi connectivity index (χ1v) is 11.1. The number of halogens is 1. The van der Waals surface area contributed by atoms with Gasteiger partial charge in [0.15, 0.2) is 0 Å². The maximum atomic E-state index is 13.3. The molecule has 3 aromatic rings. The van der Waals surface area contributed by atoms with Crippen LogP contribution in [-0.4, -0.2) is 29.8 Å². The summed E-state index contributed by atoms with van der Waals surface area (Å²) in [5.41, 5.74) is 1.52. The van der Waals surface area contributed by atoms with E-state index in [0.717, 1.165) is 18.4 Å². The van der Waals surface area contributed by atoms with Gasteiger partial charge < -0.3 is 14.6 Å². The Hall–Kier alpha value is -3.31. The van der Waals surface area contributed by atoms with E-state index in [1.807, 2.05) is 30.3 Å². The first-order valence-electron chi connectivity index (χ1n) is 10.7. The predicted molar refractivity (Wildman–Crippen MR) is 126 cm³/mol. The Labute approximate surface area is 192 Å². The van der Waals surface area contributed by atoms with Gasteiger partial charge in [0.05, 0.1) is 0 Å². The van der Waals surface area contributed by atoms with E-state index >= 15 is 0 Å². The molecule has 0 aliphatic carbocycles. The molecule has 1 aliphatic rings. The van der Waals surface area contributed by atoms with Gasteiger partial charge >= 0.3 is 0 Å². The molecule has 0 bridgehead atoms. The molecule has 1 N–H and O–H groups in total. The topological polar surface area (TPSA) is 62.6 Å². The van der Waals surface area contributed by atoms with Crippen molar-refractivity contribution in [3.63, 3.8) is 0 Å². The van der Waals surface area contributed by atoms with Crippen molar-refractivity contribution in [3.05, 3.63) is 88.8 Å². The summed E-state index contributed by atoms with van der Waals surface area (Å²) < 4.78 is 5.94. The van der Waals surface area contributed by atoms with E-state index in [9.17, 15) is 9.59 Å². The van der Waals surface area contributed by atoms with E-state index in [1.165, 1.54) is 0 Å². The highest BCUT2D eigenvalue weighted by molar-refractivity contribution is 6.30. The number of carbonyl (C=O) groups excluding carboxylic acids is 2. The van der Waals surface area contributed by atoms with E-state index in [1.54, 1.807) is 47.4 Å². The molecule has 0 spiro atoms. The van der Waals surface area contributed by atoms with E-state index in [4.69, 9.17) is 16.0 Å². The van der Waals surface area contributed by atoms with Crippen LogP contribution in [0.25, 0.3) is 17.4 Å². The van der Waals surface area contributed by atoms with Crippen molar-refractivity contribution in [3.8, 4) is 11.3 Å². The van der Waals surface area contributed by atoms with Gasteiger partial charge in [-0.2, -0.15) is 0 Å². The van der Waals surface area contributed by atoms with Crippen molar-refractivity contribution in [2.24, 2.45) is 5.92 Å². The van der Waals surface area contributed by atoms with Crippen LogP contribution in [0.2, 0.25) is 5.02 Å². The molecule has 1 aromatic heterocycles. The molecule has 32 heavy (non-hydrogen) atoms. The maximum Gasteiger partial charge on any atom is 0.270 e. The Bertz CT molecular complexity index is 1130. The second-order valence-electron chi connectivity index (χ2n) is 8.07. The van der Waals surface area contributed by atoms with Crippen molar-refractivity contribution in [1.82, 2.24) is 10.2 Å². The van der Waals surface area contributed by atoms with Crippen LogP contribution < -0.4 is 5.32 Å². The molecule has 1 aliphatic heterocycles. The van der Waals surface area contributed by atoms with Crippen molar-refractivity contribution in [2.45, 2.75) is 19.8 Å². The van der Waals surface area contributed by atoms with Crippen molar-refractivity contribution in [1.29, 1.82) is 0 Å². The second kappa shape index (κ2) is 9.88. The van der Waals surface area contributed by atoms with Crippen LogP contribution in [0.1, 0.15) is 35.9 Å². The molecule has 2 heterocycles. The Kier molecular flexibility index (Phi) is 6.76. The first kappa shape index (κ1) is 21.9. The van der Waals surface area contributed by atoms with Gasteiger partial charge in [-0.1, -0.05) is 48.9 Å². The smallest absolute Gasteiger partial charge is 0.270 e. The van der Waals surface area contributed by atoms with Crippen LogP contribution in [0.15, 0.2) is 76.8 Å². The third-order valence-corrected chi connectivity index (χ3v) is 5.84. The highest BCUT2D eigenvalue weighted by Gasteiger charge is 2.25. The second-order valence-corrected chi connectivity index (χ2v) is 8.50. The Balaban J connectivity index is 1.61. The molecule has 164 valence electrons. The summed E-state index contributed by atoms with van der Waals surface area (Å²) in [5, 5.41) is 3.41. The SMILES string of the molecule is CC1CCN(C(=O)C(=Cc2ccc(-c3cccc(Cl)c3)o2)NC(=O)c2ccccc2)CC1. The molecule has 0 unspecified atom stereocenters. The van der Waals surface area contributed by atoms with Gasteiger partial charge in [-0.05, 0) is 55.2 Å². The van der Waals surface area contributed by atoms with Crippen LogP contribution in [0.4, 0.5) is 0 Å². The average molecular weight is 449 g/mol. The lowest BCUT2D eigenvalue weighted by atomic mass is 9.99. The summed E-state index contributed by atoms with van der Waals surface area (Å²) >= 11 is 6.09. The monoisotopic (exact) mass is 448 g/mol. The van der Waals surface area contributed by atoms with Crippen LogP contribution >= 0.6 is 11.6 Å². The van der Waals surface area contributed by atoms with Crippen LogP contribution in [0, 0.1) is 5.92 Å². The van der Waals surface area contributed by atoms with Crippen molar-refractivity contribution < 1.29 is 14.0 Å². The number of carbonyl (C=O) groups is 2. The molecule has 2 aromatic carbocycles. The van der Waals surface area contributed by atoms with Gasteiger partial charge in [0, 0.05) is 35.3 Å². The van der Waals surface area contributed by atoms with Gasteiger partial charge in [-0.25, -0.2) is 0 Å². The zero-order valence-electron chi connectivity index (χ0n) is 17.9. The predicted octanol–water partition coefficient (Wildman–Crippen LogP) is 5.63. The molecule has 1 saturated heterocycles. The number of nitrogens with zero attached hydrogens (tertiary/aromatic N) is 1. The van der Waals surface area contributed by atoms with E-state index < -0.39 is 0 Å². The van der Waals surface area contributed by atoms with Gasteiger partial charge in [0.25, 0.3) is 11.8 Å². The summed E-state index contributed by atoms with van der Waals surface area (Å²) in [6.07, 6.45) is 3.49. The fraction of sp³-hybridized carbons (Fsp3) is 0.231. The minimum Gasteiger partial charge on any atom is -0.457 e. The minimum atomic E-state index is -0.336. The Morgan fingerprint density at radius 2 is 1.78 bits per heavy atom. The largest absolute Gasteiger partial charge is 0.457 e. The van der Waals surface area contributed by atoms with Gasteiger partial charge in [-0.15, -0.1) is 0 Å². The molecule has 1 fully saturated rings. The summed E-state index contributed by atoms with van der Waals surface area (Å²) in [6.45, 7) is 3.53. The lowest BCUT2D eigenvalue weighted by Gasteiger charge is -2.31. The van der Waals surface area contributed by atoms with Gasteiger partial charge in [-0.3, -0.25) is 9.59 Å². The number of rotatable bonds is 5. The fourth-order valence-corrected chi connectivity index (χ4v) is 3.88. The first-order chi connectivity index (χ1) is 15.5. The third kappa shape index (κ3) is 5.29. The molecule has 6 heteroatoms. The summed E-state index contributed by atoms with van der Waals surface area (Å²) in [6, 6.07) is 19.8. The van der Waals surface area contributed by atoms with Crippen LogP contribution in [0.3, 0.4) is 0 Å². The number of hydrogen-bond donors (Lipinski definition) is 1. The highest BCUT2D eigenvalue weighted by Crippen LogP contribution is 2.26. The summed E-state index contributed by atoms with van der Waals surface area (Å²) in [7, 11) is 0. The molecule has 5 nitrogen and oxygen atoms in total. The van der Waals surface area contributed by atoms with Gasteiger partial charge in [0.2, 0.25) is 0 Å².